The minimum Gasteiger partial charge on any atom is -0.258 e. The maximum absolute atomic E-state index is 11.3. The van der Waals surface area contributed by atoms with Crippen molar-refractivity contribution in [2.75, 3.05) is 0 Å². The number of benzene rings is 2. The standard InChI is InChI=1S/C13H6N4O6/c18-15(19)11-6-10-8(12(16(20)21)13(11)17(22)23)5-7-3-1-2-4-9(7)14-10/h1-6H. The zero-order valence-corrected chi connectivity index (χ0v) is 11.2. The molecule has 0 saturated carbocycles. The number of nitro groups is 3. The van der Waals surface area contributed by atoms with Crippen molar-refractivity contribution < 1.29 is 14.8 Å². The Labute approximate surface area is 126 Å². The fraction of sp³-hybridized carbons (Fsp3) is 0. The molecule has 0 amide bonds. The van der Waals surface area contributed by atoms with Gasteiger partial charge in [-0.2, -0.15) is 0 Å². The van der Waals surface area contributed by atoms with Gasteiger partial charge >= 0.3 is 17.1 Å². The van der Waals surface area contributed by atoms with Crippen LogP contribution in [0.15, 0.2) is 36.4 Å². The van der Waals surface area contributed by atoms with Crippen molar-refractivity contribution in [1.82, 2.24) is 4.98 Å². The summed E-state index contributed by atoms with van der Waals surface area (Å²) in [6.45, 7) is 0. The smallest absolute Gasteiger partial charge is 0.258 e. The zero-order valence-electron chi connectivity index (χ0n) is 11.2. The first-order valence-corrected chi connectivity index (χ1v) is 6.20. The predicted molar refractivity (Wildman–Crippen MR) is 79.2 cm³/mol. The maximum Gasteiger partial charge on any atom is 0.423 e. The molecule has 0 aliphatic heterocycles. The molecule has 10 heteroatoms. The normalized spacial score (nSPS) is 10.8. The fourth-order valence-electron chi connectivity index (χ4n) is 2.38. The van der Waals surface area contributed by atoms with E-state index in [9.17, 15) is 30.3 Å². The third-order valence-electron chi connectivity index (χ3n) is 3.31. The van der Waals surface area contributed by atoms with Gasteiger partial charge in [0.1, 0.15) is 0 Å². The number of nitro benzene ring substituents is 3. The average molecular weight is 314 g/mol. The van der Waals surface area contributed by atoms with E-state index in [1.807, 2.05) is 0 Å². The Kier molecular flexibility index (Phi) is 3.06. The van der Waals surface area contributed by atoms with Gasteiger partial charge in [0.05, 0.1) is 37.3 Å². The number of para-hydroxylation sites is 1. The third-order valence-corrected chi connectivity index (χ3v) is 3.31. The van der Waals surface area contributed by atoms with E-state index in [2.05, 4.69) is 4.98 Å². The van der Waals surface area contributed by atoms with Crippen LogP contribution in [0.1, 0.15) is 0 Å². The van der Waals surface area contributed by atoms with Crippen LogP contribution < -0.4 is 0 Å². The van der Waals surface area contributed by atoms with Crippen molar-refractivity contribution in [3.63, 3.8) is 0 Å². The van der Waals surface area contributed by atoms with E-state index >= 15 is 0 Å². The molecule has 3 rings (SSSR count). The van der Waals surface area contributed by atoms with E-state index < -0.39 is 31.8 Å². The lowest BCUT2D eigenvalue weighted by molar-refractivity contribution is -0.440. The Morgan fingerprint density at radius 3 is 2.04 bits per heavy atom. The van der Waals surface area contributed by atoms with Gasteiger partial charge in [-0.25, -0.2) is 4.98 Å². The van der Waals surface area contributed by atoms with Crippen LogP contribution in [-0.4, -0.2) is 19.8 Å². The van der Waals surface area contributed by atoms with E-state index in [4.69, 9.17) is 0 Å². The number of aromatic nitrogens is 1. The van der Waals surface area contributed by atoms with Gasteiger partial charge in [-0.3, -0.25) is 30.3 Å². The fourth-order valence-corrected chi connectivity index (χ4v) is 2.38. The predicted octanol–water partition coefficient (Wildman–Crippen LogP) is 3.11. The average Bonchev–Trinajstić information content (AvgIpc) is 2.50. The summed E-state index contributed by atoms with van der Waals surface area (Å²) in [5.74, 6) is 0. The number of hydrogen-bond donors (Lipinski definition) is 0. The number of pyridine rings is 1. The summed E-state index contributed by atoms with van der Waals surface area (Å²) in [5.41, 5.74) is -2.62. The lowest BCUT2D eigenvalue weighted by Crippen LogP contribution is -2.03. The minimum absolute atomic E-state index is 0.0484. The molecule has 0 aliphatic rings. The summed E-state index contributed by atoms with van der Waals surface area (Å²) < 4.78 is 0. The van der Waals surface area contributed by atoms with E-state index in [-0.39, 0.29) is 10.9 Å². The van der Waals surface area contributed by atoms with E-state index in [0.29, 0.717) is 10.9 Å². The van der Waals surface area contributed by atoms with Gasteiger partial charge in [-0.1, -0.05) is 18.2 Å². The summed E-state index contributed by atoms with van der Waals surface area (Å²) in [6, 6.07) is 8.89. The molecule has 0 radical (unpaired) electrons. The largest absolute Gasteiger partial charge is 0.423 e. The van der Waals surface area contributed by atoms with Crippen LogP contribution in [0.4, 0.5) is 17.1 Å². The molecule has 0 aliphatic carbocycles. The van der Waals surface area contributed by atoms with Crippen molar-refractivity contribution in [1.29, 1.82) is 0 Å². The molecule has 3 aromatic rings. The Balaban J connectivity index is 2.58. The Morgan fingerprint density at radius 1 is 0.783 bits per heavy atom. The molecule has 2 aromatic carbocycles. The lowest BCUT2D eigenvalue weighted by Gasteiger charge is -2.04. The second-order valence-corrected chi connectivity index (χ2v) is 4.61. The van der Waals surface area contributed by atoms with Crippen molar-refractivity contribution >= 4 is 38.9 Å². The topological polar surface area (TPSA) is 142 Å². The molecule has 0 atom stereocenters. The first kappa shape index (κ1) is 14.3. The second-order valence-electron chi connectivity index (χ2n) is 4.61. The first-order valence-electron chi connectivity index (χ1n) is 6.20. The van der Waals surface area contributed by atoms with Gasteiger partial charge in [0.2, 0.25) is 0 Å². The number of nitrogens with zero attached hydrogens (tertiary/aromatic N) is 4. The Hall–Kier alpha value is -3.69. The summed E-state index contributed by atoms with van der Waals surface area (Å²) >= 11 is 0. The monoisotopic (exact) mass is 314 g/mol. The van der Waals surface area contributed by atoms with Gasteiger partial charge in [0.15, 0.2) is 0 Å². The van der Waals surface area contributed by atoms with E-state index in [0.717, 1.165) is 6.07 Å². The molecule has 114 valence electrons. The summed E-state index contributed by atoms with van der Waals surface area (Å²) in [7, 11) is 0. The minimum atomic E-state index is -1.15. The van der Waals surface area contributed by atoms with E-state index in [1.165, 1.54) is 6.07 Å². The lowest BCUT2D eigenvalue weighted by atomic mass is 10.1. The number of fused-ring (bicyclic) bond motifs is 2. The van der Waals surface area contributed by atoms with Crippen LogP contribution in [0.3, 0.4) is 0 Å². The molecule has 0 N–H and O–H groups in total. The van der Waals surface area contributed by atoms with Crippen LogP contribution in [0, 0.1) is 30.3 Å². The van der Waals surface area contributed by atoms with Crippen LogP contribution in [-0.2, 0) is 0 Å². The number of rotatable bonds is 3. The molecule has 10 nitrogen and oxygen atoms in total. The van der Waals surface area contributed by atoms with Crippen LogP contribution in [0.5, 0.6) is 0 Å². The van der Waals surface area contributed by atoms with Crippen molar-refractivity contribution in [3.05, 3.63) is 66.7 Å². The SMILES string of the molecule is O=[N+]([O-])c1cc2nc3ccccc3cc2c([N+](=O)[O-])c1[N+](=O)[O-]. The molecule has 1 aromatic heterocycles. The Bertz CT molecular complexity index is 1020. The van der Waals surface area contributed by atoms with Crippen molar-refractivity contribution in [3.8, 4) is 0 Å². The molecule has 1 heterocycles. The molecule has 0 bridgehead atoms. The van der Waals surface area contributed by atoms with Gasteiger partial charge in [-0.05, 0) is 12.1 Å². The summed E-state index contributed by atoms with van der Waals surface area (Å²) in [4.78, 5) is 34.5. The van der Waals surface area contributed by atoms with Crippen LogP contribution in [0.25, 0.3) is 21.8 Å². The quantitative estimate of drug-likeness (QED) is 0.410. The third kappa shape index (κ3) is 2.18. The van der Waals surface area contributed by atoms with Gasteiger partial charge in [-0.15, -0.1) is 0 Å². The molecule has 0 unspecified atom stereocenters. The van der Waals surface area contributed by atoms with Crippen molar-refractivity contribution in [2.45, 2.75) is 0 Å². The Morgan fingerprint density at radius 2 is 1.43 bits per heavy atom. The van der Waals surface area contributed by atoms with Gasteiger partial charge < -0.3 is 0 Å². The van der Waals surface area contributed by atoms with E-state index in [1.54, 1.807) is 24.3 Å². The van der Waals surface area contributed by atoms with Gasteiger partial charge in [0.25, 0.3) is 0 Å². The van der Waals surface area contributed by atoms with Crippen LogP contribution >= 0.6 is 0 Å². The highest BCUT2D eigenvalue weighted by Crippen LogP contribution is 2.42. The molecule has 23 heavy (non-hydrogen) atoms. The van der Waals surface area contributed by atoms with Gasteiger partial charge in [0, 0.05) is 5.39 Å². The highest BCUT2D eigenvalue weighted by molar-refractivity contribution is 6.02. The first-order chi connectivity index (χ1) is 10.9. The molecular formula is C13H6N4O6. The molecular weight excluding hydrogens is 308 g/mol. The molecule has 0 fully saturated rings. The van der Waals surface area contributed by atoms with Crippen molar-refractivity contribution in [2.24, 2.45) is 0 Å². The zero-order chi connectivity index (χ0) is 16.7. The maximum atomic E-state index is 11.3. The van der Waals surface area contributed by atoms with Crippen LogP contribution in [0.2, 0.25) is 0 Å². The number of hydrogen-bond acceptors (Lipinski definition) is 7. The highest BCUT2D eigenvalue weighted by Gasteiger charge is 2.38. The summed E-state index contributed by atoms with van der Waals surface area (Å²) in [6.07, 6.45) is 0. The molecule has 0 saturated heterocycles. The second kappa shape index (κ2) is 4.94. The molecule has 0 spiro atoms. The highest BCUT2D eigenvalue weighted by atomic mass is 16.6. The summed E-state index contributed by atoms with van der Waals surface area (Å²) in [5, 5.41) is 33.9.